The summed E-state index contributed by atoms with van der Waals surface area (Å²) in [6.07, 6.45) is 0. The summed E-state index contributed by atoms with van der Waals surface area (Å²) in [6.45, 7) is 2.17. The standard InChI is InChI=1S/C17H14BrClN2O/c18-12-3-6-15-14(9-12)16(22)21-8-7-20-17(15,10-21)11-1-4-13(19)5-2-11/h1-6,9,20H,7-8,10H2. The van der Waals surface area contributed by atoms with Crippen LogP contribution in [0, 0.1) is 0 Å². The third-order valence-corrected chi connectivity index (χ3v) is 5.28. The summed E-state index contributed by atoms with van der Waals surface area (Å²) >= 11 is 9.51. The number of carbonyl (C=O) groups is 1. The molecule has 5 heteroatoms. The van der Waals surface area contributed by atoms with Gasteiger partial charge in [0.25, 0.3) is 5.91 Å². The Kier molecular flexibility index (Phi) is 3.29. The van der Waals surface area contributed by atoms with Crippen LogP contribution in [0.1, 0.15) is 21.5 Å². The average Bonchev–Trinajstić information content (AvgIpc) is 2.53. The third-order valence-electron chi connectivity index (χ3n) is 4.53. The molecule has 1 amide bonds. The Morgan fingerprint density at radius 3 is 2.73 bits per heavy atom. The Balaban J connectivity index is 1.96. The van der Waals surface area contributed by atoms with Gasteiger partial charge < -0.3 is 10.2 Å². The van der Waals surface area contributed by atoms with Gasteiger partial charge in [0.15, 0.2) is 0 Å². The smallest absolute Gasteiger partial charge is 0.254 e. The van der Waals surface area contributed by atoms with E-state index in [2.05, 4.69) is 21.2 Å². The number of hydrogen-bond acceptors (Lipinski definition) is 2. The van der Waals surface area contributed by atoms with E-state index in [-0.39, 0.29) is 11.4 Å². The molecular formula is C17H14BrClN2O. The molecule has 2 aromatic rings. The van der Waals surface area contributed by atoms with Crippen molar-refractivity contribution in [1.29, 1.82) is 0 Å². The van der Waals surface area contributed by atoms with Crippen molar-refractivity contribution >= 4 is 33.4 Å². The van der Waals surface area contributed by atoms with Crippen molar-refractivity contribution in [1.82, 2.24) is 10.2 Å². The lowest BCUT2D eigenvalue weighted by Gasteiger charge is -2.49. The lowest BCUT2D eigenvalue weighted by atomic mass is 9.76. The summed E-state index contributed by atoms with van der Waals surface area (Å²) in [4.78, 5) is 14.6. The number of halogens is 2. The minimum Gasteiger partial charge on any atom is -0.335 e. The second-order valence-electron chi connectivity index (χ2n) is 5.76. The zero-order chi connectivity index (χ0) is 15.3. The van der Waals surface area contributed by atoms with E-state index >= 15 is 0 Å². The fraction of sp³-hybridized carbons (Fsp3) is 0.235. The summed E-state index contributed by atoms with van der Waals surface area (Å²) < 4.78 is 0.923. The SMILES string of the molecule is O=C1c2cc(Br)ccc2C2(c3ccc(Cl)cc3)CN1CCN2. The fourth-order valence-electron chi connectivity index (χ4n) is 3.50. The van der Waals surface area contributed by atoms with Gasteiger partial charge in [0.2, 0.25) is 0 Å². The monoisotopic (exact) mass is 376 g/mol. The molecule has 2 bridgehead atoms. The third kappa shape index (κ3) is 2.02. The number of nitrogens with one attached hydrogen (secondary N) is 1. The van der Waals surface area contributed by atoms with E-state index in [0.717, 1.165) is 39.3 Å². The molecule has 3 nitrogen and oxygen atoms in total. The minimum atomic E-state index is -0.354. The molecule has 1 N–H and O–H groups in total. The minimum absolute atomic E-state index is 0.113. The van der Waals surface area contributed by atoms with Gasteiger partial charge in [0.1, 0.15) is 0 Å². The highest BCUT2D eigenvalue weighted by Crippen LogP contribution is 2.40. The van der Waals surface area contributed by atoms with Gasteiger partial charge in [0, 0.05) is 34.7 Å². The van der Waals surface area contributed by atoms with E-state index in [1.54, 1.807) is 0 Å². The first-order valence-electron chi connectivity index (χ1n) is 7.20. The number of carbonyl (C=O) groups excluding carboxylic acids is 1. The molecule has 0 spiro atoms. The molecule has 1 fully saturated rings. The molecule has 4 rings (SSSR count). The maximum absolute atomic E-state index is 12.7. The zero-order valence-electron chi connectivity index (χ0n) is 11.8. The molecule has 1 atom stereocenters. The lowest BCUT2D eigenvalue weighted by molar-refractivity contribution is 0.0601. The molecule has 2 aromatic carbocycles. The Morgan fingerprint density at radius 1 is 1.18 bits per heavy atom. The Labute approximate surface area is 142 Å². The van der Waals surface area contributed by atoms with Gasteiger partial charge in [0.05, 0.1) is 5.54 Å². The van der Waals surface area contributed by atoms with E-state index in [1.165, 1.54) is 0 Å². The molecule has 0 radical (unpaired) electrons. The number of nitrogens with zero attached hydrogens (tertiary/aromatic N) is 1. The van der Waals surface area contributed by atoms with Crippen LogP contribution in [-0.4, -0.2) is 30.4 Å². The van der Waals surface area contributed by atoms with Crippen LogP contribution in [0.25, 0.3) is 0 Å². The van der Waals surface area contributed by atoms with Crippen LogP contribution in [0.3, 0.4) is 0 Å². The molecule has 0 aliphatic carbocycles. The molecule has 0 saturated carbocycles. The Hall–Kier alpha value is -1.36. The largest absolute Gasteiger partial charge is 0.335 e. The van der Waals surface area contributed by atoms with Crippen LogP contribution >= 0.6 is 27.5 Å². The van der Waals surface area contributed by atoms with E-state index in [4.69, 9.17) is 11.6 Å². The van der Waals surface area contributed by atoms with Crippen molar-refractivity contribution in [2.45, 2.75) is 5.54 Å². The number of fused-ring (bicyclic) bond motifs is 4. The van der Waals surface area contributed by atoms with E-state index in [1.807, 2.05) is 47.4 Å². The molecule has 2 heterocycles. The normalized spacial score (nSPS) is 23.4. The van der Waals surface area contributed by atoms with Crippen LogP contribution in [0.15, 0.2) is 46.9 Å². The Bertz CT molecular complexity index is 762. The van der Waals surface area contributed by atoms with E-state index in [9.17, 15) is 4.79 Å². The van der Waals surface area contributed by atoms with Gasteiger partial charge in [-0.3, -0.25) is 4.79 Å². The van der Waals surface area contributed by atoms with E-state index in [0.29, 0.717) is 6.54 Å². The molecule has 2 aliphatic heterocycles. The maximum atomic E-state index is 12.7. The van der Waals surface area contributed by atoms with Crippen LogP contribution in [-0.2, 0) is 5.54 Å². The Morgan fingerprint density at radius 2 is 1.95 bits per heavy atom. The highest BCUT2D eigenvalue weighted by molar-refractivity contribution is 9.10. The van der Waals surface area contributed by atoms with Gasteiger partial charge in [-0.05, 0) is 35.4 Å². The second kappa shape index (κ2) is 5.08. The zero-order valence-corrected chi connectivity index (χ0v) is 14.1. The van der Waals surface area contributed by atoms with Crippen molar-refractivity contribution < 1.29 is 4.79 Å². The van der Waals surface area contributed by atoms with Gasteiger partial charge in [-0.2, -0.15) is 0 Å². The molecule has 112 valence electrons. The van der Waals surface area contributed by atoms with Gasteiger partial charge in [-0.1, -0.05) is 45.7 Å². The van der Waals surface area contributed by atoms with Crippen molar-refractivity contribution in [2.75, 3.05) is 19.6 Å². The maximum Gasteiger partial charge on any atom is 0.254 e. The summed E-state index contributed by atoms with van der Waals surface area (Å²) in [6, 6.07) is 13.8. The summed E-state index contributed by atoms with van der Waals surface area (Å²) in [5, 5.41) is 4.36. The molecule has 1 unspecified atom stereocenters. The first kappa shape index (κ1) is 14.2. The number of piperazine rings is 1. The van der Waals surface area contributed by atoms with Crippen molar-refractivity contribution in [3.05, 3.63) is 68.7 Å². The van der Waals surface area contributed by atoms with Gasteiger partial charge >= 0.3 is 0 Å². The van der Waals surface area contributed by atoms with Crippen LogP contribution in [0.5, 0.6) is 0 Å². The highest BCUT2D eigenvalue weighted by Gasteiger charge is 2.46. The quantitative estimate of drug-likeness (QED) is 0.826. The average molecular weight is 378 g/mol. The predicted molar refractivity (Wildman–Crippen MR) is 90.3 cm³/mol. The van der Waals surface area contributed by atoms with Crippen LogP contribution < -0.4 is 5.32 Å². The van der Waals surface area contributed by atoms with Crippen LogP contribution in [0.2, 0.25) is 5.02 Å². The lowest BCUT2D eigenvalue weighted by Crippen LogP contribution is -2.63. The molecule has 2 aliphatic rings. The van der Waals surface area contributed by atoms with Gasteiger partial charge in [-0.25, -0.2) is 0 Å². The predicted octanol–water partition coefficient (Wildman–Crippen LogP) is 3.41. The molecule has 0 aromatic heterocycles. The number of rotatable bonds is 1. The number of hydrogen-bond donors (Lipinski definition) is 1. The van der Waals surface area contributed by atoms with Crippen molar-refractivity contribution in [3.63, 3.8) is 0 Å². The summed E-state index contributed by atoms with van der Waals surface area (Å²) in [5.41, 5.74) is 2.59. The highest BCUT2D eigenvalue weighted by atomic mass is 79.9. The topological polar surface area (TPSA) is 32.3 Å². The molecular weight excluding hydrogens is 364 g/mol. The molecule has 22 heavy (non-hydrogen) atoms. The summed E-state index contributed by atoms with van der Waals surface area (Å²) in [7, 11) is 0. The van der Waals surface area contributed by atoms with Crippen LogP contribution in [0.4, 0.5) is 0 Å². The fourth-order valence-corrected chi connectivity index (χ4v) is 3.99. The second-order valence-corrected chi connectivity index (χ2v) is 7.11. The number of benzene rings is 2. The summed E-state index contributed by atoms with van der Waals surface area (Å²) in [5.74, 6) is 0.113. The van der Waals surface area contributed by atoms with E-state index < -0.39 is 0 Å². The van der Waals surface area contributed by atoms with Crippen molar-refractivity contribution in [3.8, 4) is 0 Å². The van der Waals surface area contributed by atoms with Gasteiger partial charge in [-0.15, -0.1) is 0 Å². The number of amides is 1. The van der Waals surface area contributed by atoms with Crippen molar-refractivity contribution in [2.24, 2.45) is 0 Å². The molecule has 1 saturated heterocycles. The first-order valence-corrected chi connectivity index (χ1v) is 8.38. The first-order chi connectivity index (χ1) is 10.6.